The molecule has 0 aromatic heterocycles. The quantitative estimate of drug-likeness (QED) is 0.449. The monoisotopic (exact) mass is 164 g/mol. The fourth-order valence-corrected chi connectivity index (χ4v) is 0.775. The summed E-state index contributed by atoms with van der Waals surface area (Å²) in [7, 11) is 2.74. The van der Waals surface area contributed by atoms with Crippen LogP contribution in [-0.4, -0.2) is 31.9 Å². The van der Waals surface area contributed by atoms with Crippen molar-refractivity contribution < 1.29 is 12.9 Å². The Morgan fingerprint density at radius 2 is 1.91 bits per heavy atom. The van der Waals surface area contributed by atoms with Crippen molar-refractivity contribution >= 4 is 6.98 Å². The number of rotatable bonds is 3. The highest BCUT2D eigenvalue weighted by Gasteiger charge is 2.35. The van der Waals surface area contributed by atoms with Gasteiger partial charge in [-0.2, -0.15) is 0 Å². The first kappa shape index (κ1) is 10.4. The maximum Gasteiger partial charge on any atom is 0.496 e. The second-order valence-corrected chi connectivity index (χ2v) is 2.56. The van der Waals surface area contributed by atoms with Gasteiger partial charge >= 0.3 is 6.98 Å². The molecule has 0 saturated heterocycles. The van der Waals surface area contributed by atoms with Crippen molar-refractivity contribution in [2.45, 2.75) is 12.4 Å². The van der Waals surface area contributed by atoms with E-state index in [1.807, 2.05) is 5.92 Å². The maximum absolute atomic E-state index is 12.1. The Balaban J connectivity index is 4.25. The molecule has 0 aliphatic rings. The summed E-state index contributed by atoms with van der Waals surface area (Å²) in [5.41, 5.74) is 0. The van der Waals surface area contributed by atoms with Crippen LogP contribution in [0.1, 0.15) is 6.42 Å². The summed E-state index contributed by atoms with van der Waals surface area (Å²) in [6, 6.07) is 0. The van der Waals surface area contributed by atoms with Crippen LogP contribution in [0.5, 0.6) is 0 Å². The van der Waals surface area contributed by atoms with Gasteiger partial charge in [-0.1, -0.05) is 0 Å². The van der Waals surface area contributed by atoms with Crippen LogP contribution < -0.4 is 0 Å². The molecule has 11 heavy (non-hydrogen) atoms. The highest BCUT2D eigenvalue weighted by atomic mass is 19.4. The van der Waals surface area contributed by atoms with Gasteiger partial charge in [0, 0.05) is 6.42 Å². The molecule has 64 valence electrons. The number of hydrogen-bond acceptors (Lipinski definition) is 1. The van der Waals surface area contributed by atoms with Crippen molar-refractivity contribution in [1.82, 2.24) is 4.90 Å². The molecule has 0 saturated carbocycles. The Bertz CT molecular complexity index is 158. The average Bonchev–Trinajstić information content (AvgIpc) is 1.79. The molecule has 0 spiro atoms. The zero-order chi connectivity index (χ0) is 9.07. The third-order valence-electron chi connectivity index (χ3n) is 1.43. The molecular weight excluding hydrogens is 154 g/mol. The second-order valence-electron chi connectivity index (χ2n) is 2.56. The van der Waals surface area contributed by atoms with Crippen LogP contribution in [0.4, 0.5) is 12.9 Å². The third kappa shape index (κ3) is 3.33. The Kier molecular flexibility index (Phi) is 3.47. The lowest BCUT2D eigenvalue weighted by molar-refractivity contribution is 0.293. The lowest BCUT2D eigenvalue weighted by Crippen LogP contribution is -2.45. The highest BCUT2D eigenvalue weighted by Crippen LogP contribution is 2.19. The fraction of sp³-hybridized carbons (Fsp3) is 0.667. The number of hydrogen-bond donors (Lipinski definition) is 0. The van der Waals surface area contributed by atoms with Crippen LogP contribution in [0.15, 0.2) is 0 Å². The summed E-state index contributed by atoms with van der Waals surface area (Å²) in [5, 5.41) is 0. The van der Waals surface area contributed by atoms with Crippen LogP contribution >= 0.6 is 0 Å². The Hall–Kier alpha value is -0.625. The molecule has 1 nitrogen and oxygen atoms in total. The van der Waals surface area contributed by atoms with Gasteiger partial charge < -0.3 is 17.8 Å². The number of halogens is 3. The maximum atomic E-state index is 12.1. The van der Waals surface area contributed by atoms with E-state index in [-0.39, 0.29) is 6.42 Å². The SMILES string of the molecule is C#CCC(N(C)C)[B-](F)(F)F. The van der Waals surface area contributed by atoms with Gasteiger partial charge in [-0.25, -0.2) is 0 Å². The largest absolute Gasteiger partial charge is 0.496 e. The standard InChI is InChI=1S/C6H10BF3N/c1-4-5-6(11(2)3)7(8,9)10/h1,6H,5H2,2-3H3/q-1. The van der Waals surface area contributed by atoms with Gasteiger partial charge in [0.15, 0.2) is 0 Å². The third-order valence-corrected chi connectivity index (χ3v) is 1.43. The van der Waals surface area contributed by atoms with E-state index in [1.54, 1.807) is 0 Å². The molecule has 0 fully saturated rings. The molecule has 0 N–H and O–H groups in total. The van der Waals surface area contributed by atoms with Crippen molar-refractivity contribution in [2.75, 3.05) is 14.1 Å². The Morgan fingerprint density at radius 3 is 2.00 bits per heavy atom. The van der Waals surface area contributed by atoms with E-state index < -0.39 is 12.9 Å². The van der Waals surface area contributed by atoms with Gasteiger partial charge in [-0.15, -0.1) is 12.3 Å². The van der Waals surface area contributed by atoms with Crippen molar-refractivity contribution in [3.8, 4) is 12.3 Å². The number of nitrogens with zero attached hydrogens (tertiary/aromatic N) is 1. The Labute approximate surface area is 64.6 Å². The lowest BCUT2D eigenvalue weighted by Gasteiger charge is -2.31. The van der Waals surface area contributed by atoms with Crippen LogP contribution in [0.3, 0.4) is 0 Å². The fourth-order valence-electron chi connectivity index (χ4n) is 0.775. The van der Waals surface area contributed by atoms with Crippen molar-refractivity contribution in [2.24, 2.45) is 0 Å². The molecular formula is C6H10BF3N-. The van der Waals surface area contributed by atoms with E-state index in [4.69, 9.17) is 6.42 Å². The van der Waals surface area contributed by atoms with E-state index in [0.717, 1.165) is 4.90 Å². The first-order valence-corrected chi connectivity index (χ1v) is 3.19. The first-order valence-electron chi connectivity index (χ1n) is 3.19. The minimum absolute atomic E-state index is 0.267. The predicted molar refractivity (Wildman–Crippen MR) is 40.0 cm³/mol. The summed E-state index contributed by atoms with van der Waals surface area (Å²) in [6.07, 6.45) is 4.53. The van der Waals surface area contributed by atoms with Crippen LogP contribution in [0, 0.1) is 12.3 Å². The molecule has 0 aliphatic heterocycles. The normalized spacial score (nSPS) is 14.6. The molecule has 0 amide bonds. The summed E-state index contributed by atoms with van der Waals surface area (Å²) in [5.74, 6) is 0.551. The Morgan fingerprint density at radius 1 is 1.45 bits per heavy atom. The molecule has 0 bridgehead atoms. The summed E-state index contributed by atoms with van der Waals surface area (Å²) in [4.78, 5) is 1.10. The summed E-state index contributed by atoms with van der Waals surface area (Å²) < 4.78 is 36.2. The van der Waals surface area contributed by atoms with Crippen LogP contribution in [0.25, 0.3) is 0 Å². The molecule has 0 heterocycles. The van der Waals surface area contributed by atoms with Crippen molar-refractivity contribution in [1.29, 1.82) is 0 Å². The van der Waals surface area contributed by atoms with Gasteiger partial charge in [0.25, 0.3) is 0 Å². The van der Waals surface area contributed by atoms with E-state index in [2.05, 4.69) is 0 Å². The smallest absolute Gasteiger partial charge is 0.448 e. The zero-order valence-corrected chi connectivity index (χ0v) is 6.52. The van der Waals surface area contributed by atoms with Gasteiger partial charge in [-0.05, 0) is 20.0 Å². The minimum Gasteiger partial charge on any atom is -0.448 e. The second kappa shape index (κ2) is 3.68. The minimum atomic E-state index is -4.84. The molecule has 1 unspecified atom stereocenters. The van der Waals surface area contributed by atoms with Crippen LogP contribution in [-0.2, 0) is 0 Å². The van der Waals surface area contributed by atoms with Crippen molar-refractivity contribution in [3.05, 3.63) is 0 Å². The van der Waals surface area contributed by atoms with E-state index in [1.165, 1.54) is 14.1 Å². The average molecular weight is 164 g/mol. The van der Waals surface area contributed by atoms with Gasteiger partial charge in [0.2, 0.25) is 0 Å². The predicted octanol–water partition coefficient (Wildman–Crippen LogP) is 1.33. The van der Waals surface area contributed by atoms with Gasteiger partial charge in [0.05, 0.1) is 0 Å². The van der Waals surface area contributed by atoms with E-state index in [0.29, 0.717) is 0 Å². The molecule has 0 rings (SSSR count). The molecule has 0 aliphatic carbocycles. The molecule has 0 aromatic carbocycles. The van der Waals surface area contributed by atoms with Crippen molar-refractivity contribution in [3.63, 3.8) is 0 Å². The van der Waals surface area contributed by atoms with Gasteiger partial charge in [-0.3, -0.25) is 0 Å². The summed E-state index contributed by atoms with van der Waals surface area (Å²) in [6.45, 7) is -4.84. The van der Waals surface area contributed by atoms with E-state index >= 15 is 0 Å². The topological polar surface area (TPSA) is 3.24 Å². The summed E-state index contributed by atoms with van der Waals surface area (Å²) >= 11 is 0. The zero-order valence-electron chi connectivity index (χ0n) is 6.52. The molecule has 5 heteroatoms. The van der Waals surface area contributed by atoms with Crippen LogP contribution in [0.2, 0.25) is 0 Å². The van der Waals surface area contributed by atoms with E-state index in [9.17, 15) is 12.9 Å². The first-order chi connectivity index (χ1) is 4.89. The molecule has 0 aromatic rings. The number of terminal acetylenes is 1. The lowest BCUT2D eigenvalue weighted by atomic mass is 9.77. The van der Waals surface area contributed by atoms with Gasteiger partial charge in [0.1, 0.15) is 0 Å². The molecule has 1 atom stereocenters. The highest BCUT2D eigenvalue weighted by molar-refractivity contribution is 6.60. The molecule has 0 radical (unpaired) electrons.